The van der Waals surface area contributed by atoms with Gasteiger partial charge in [-0.1, -0.05) is 36.7 Å². The first-order valence-corrected chi connectivity index (χ1v) is 11.5. The van der Waals surface area contributed by atoms with Crippen LogP contribution in [0.3, 0.4) is 0 Å². The van der Waals surface area contributed by atoms with E-state index in [1.54, 1.807) is 47.2 Å². The number of nitrogens with zero attached hydrogens (tertiary/aromatic N) is 3. The van der Waals surface area contributed by atoms with Crippen LogP contribution >= 0.6 is 11.6 Å². The first-order valence-electron chi connectivity index (χ1n) is 11.1. The first kappa shape index (κ1) is 23.3. The van der Waals surface area contributed by atoms with Crippen molar-refractivity contribution < 1.29 is 19.1 Å². The molecule has 1 aliphatic rings. The number of aliphatic hydroxyl groups excluding tert-OH is 1. The molecule has 1 aliphatic heterocycles. The normalized spacial score (nSPS) is 18.3. The minimum atomic E-state index is -0.671. The molecule has 2 aromatic carbocycles. The Hall–Kier alpha value is -2.87. The number of benzene rings is 2. The van der Waals surface area contributed by atoms with Crippen LogP contribution in [0.1, 0.15) is 27.8 Å². The van der Waals surface area contributed by atoms with Crippen LogP contribution in [0.4, 0.5) is 0 Å². The van der Waals surface area contributed by atoms with Crippen LogP contribution in [0, 0.1) is 0 Å². The summed E-state index contributed by atoms with van der Waals surface area (Å²) in [5.74, 6) is -0.0318. The van der Waals surface area contributed by atoms with E-state index in [0.29, 0.717) is 42.3 Å². The van der Waals surface area contributed by atoms with E-state index in [2.05, 4.69) is 4.90 Å². The molecule has 33 heavy (non-hydrogen) atoms. The molecule has 4 rings (SSSR count). The van der Waals surface area contributed by atoms with Crippen molar-refractivity contribution in [3.8, 4) is 0 Å². The number of β-amino-alcohol motifs (C(OH)–C–C–N with tert-alkyl or cyclic N) is 1. The standard InChI is InChI=1S/C25H28ClN3O4/c1-3-28(13-12-27(2)24(31)17-8-10-19(26)11-9-17)20-15-29(16-21(20)30)25(32)23-14-18-6-4-5-7-22(18)33-23/h4-11,14,20-21,30H,3,12-13,15-16H2,1-2H3/t20-,21-/m1/s1. The number of hydrogen-bond donors (Lipinski definition) is 1. The average molecular weight is 470 g/mol. The molecule has 0 unspecified atom stereocenters. The second-order valence-electron chi connectivity index (χ2n) is 8.36. The Kier molecular flexibility index (Phi) is 7.02. The fraction of sp³-hybridized carbons (Fsp3) is 0.360. The maximum Gasteiger partial charge on any atom is 0.289 e. The fourth-order valence-electron chi connectivity index (χ4n) is 4.29. The number of carbonyl (C=O) groups is 2. The Balaban J connectivity index is 1.37. The van der Waals surface area contributed by atoms with Gasteiger partial charge in [-0.15, -0.1) is 0 Å². The van der Waals surface area contributed by atoms with Gasteiger partial charge in [0.2, 0.25) is 0 Å². The zero-order valence-corrected chi connectivity index (χ0v) is 19.5. The lowest BCUT2D eigenvalue weighted by atomic mass is 10.1. The lowest BCUT2D eigenvalue weighted by molar-refractivity contribution is 0.0675. The SMILES string of the molecule is CCN(CCN(C)C(=O)c1ccc(Cl)cc1)[C@@H]1CN(C(=O)c2cc3ccccc3o2)C[C@H]1O. The summed E-state index contributed by atoms with van der Waals surface area (Å²) in [4.78, 5) is 31.1. The van der Waals surface area contributed by atoms with Crippen LogP contribution < -0.4 is 0 Å². The number of rotatable bonds is 7. The Morgan fingerprint density at radius 3 is 2.55 bits per heavy atom. The van der Waals surface area contributed by atoms with Crippen LogP contribution in [0.5, 0.6) is 0 Å². The van der Waals surface area contributed by atoms with E-state index in [9.17, 15) is 14.7 Å². The minimum absolute atomic E-state index is 0.0867. The minimum Gasteiger partial charge on any atom is -0.451 e. The number of halogens is 1. The third-order valence-electron chi connectivity index (χ3n) is 6.22. The summed E-state index contributed by atoms with van der Waals surface area (Å²) in [6.45, 7) is 4.43. The highest BCUT2D eigenvalue weighted by molar-refractivity contribution is 6.30. The molecule has 0 saturated carbocycles. The molecule has 2 heterocycles. The number of likely N-dealkylation sites (tertiary alicyclic amines) is 1. The van der Waals surface area contributed by atoms with Gasteiger partial charge in [0.1, 0.15) is 5.58 Å². The molecule has 7 nitrogen and oxygen atoms in total. The van der Waals surface area contributed by atoms with Gasteiger partial charge >= 0.3 is 0 Å². The Labute approximate surface area is 198 Å². The molecule has 1 aromatic heterocycles. The predicted molar refractivity (Wildman–Crippen MR) is 128 cm³/mol. The first-order chi connectivity index (χ1) is 15.9. The largest absolute Gasteiger partial charge is 0.451 e. The molecule has 8 heteroatoms. The number of para-hydroxylation sites is 1. The van der Waals surface area contributed by atoms with Gasteiger partial charge in [-0.25, -0.2) is 0 Å². The lowest BCUT2D eigenvalue weighted by Crippen LogP contribution is -2.47. The van der Waals surface area contributed by atoms with Gasteiger partial charge in [0.05, 0.1) is 12.1 Å². The number of likely N-dealkylation sites (N-methyl/N-ethyl adjacent to an activating group) is 2. The molecule has 0 spiro atoms. The van der Waals surface area contributed by atoms with Gasteiger partial charge in [-0.05, 0) is 42.9 Å². The highest BCUT2D eigenvalue weighted by Crippen LogP contribution is 2.23. The van der Waals surface area contributed by atoms with Crippen molar-refractivity contribution in [2.45, 2.75) is 19.1 Å². The summed E-state index contributed by atoms with van der Waals surface area (Å²) in [7, 11) is 1.76. The summed E-state index contributed by atoms with van der Waals surface area (Å²) in [5, 5.41) is 12.2. The average Bonchev–Trinajstić information content (AvgIpc) is 3.43. The van der Waals surface area contributed by atoms with Crippen molar-refractivity contribution in [2.24, 2.45) is 0 Å². The van der Waals surface area contributed by atoms with Crippen molar-refractivity contribution in [1.29, 1.82) is 0 Å². The molecule has 174 valence electrons. The number of fused-ring (bicyclic) bond motifs is 1. The van der Waals surface area contributed by atoms with Crippen LogP contribution in [0.25, 0.3) is 11.0 Å². The number of hydrogen-bond acceptors (Lipinski definition) is 5. The molecule has 0 radical (unpaired) electrons. The van der Waals surface area contributed by atoms with E-state index in [1.807, 2.05) is 31.2 Å². The summed E-state index contributed by atoms with van der Waals surface area (Å²) >= 11 is 5.91. The number of aliphatic hydroxyl groups is 1. The van der Waals surface area contributed by atoms with E-state index >= 15 is 0 Å². The number of furan rings is 1. The third kappa shape index (κ3) is 5.05. The Morgan fingerprint density at radius 2 is 1.85 bits per heavy atom. The molecule has 3 aromatic rings. The van der Waals surface area contributed by atoms with Crippen molar-refractivity contribution in [3.63, 3.8) is 0 Å². The molecule has 0 aliphatic carbocycles. The quantitative estimate of drug-likeness (QED) is 0.574. The van der Waals surface area contributed by atoms with E-state index in [4.69, 9.17) is 16.0 Å². The zero-order valence-electron chi connectivity index (χ0n) is 18.8. The predicted octanol–water partition coefficient (Wildman–Crippen LogP) is 3.37. The molecule has 2 amide bonds. The van der Waals surface area contributed by atoms with Gasteiger partial charge in [-0.3, -0.25) is 14.5 Å². The Bertz CT molecular complexity index is 1100. The molecule has 0 bridgehead atoms. The summed E-state index contributed by atoms with van der Waals surface area (Å²) in [6.07, 6.45) is -0.671. The van der Waals surface area contributed by atoms with Gasteiger partial charge in [0, 0.05) is 49.2 Å². The highest BCUT2D eigenvalue weighted by atomic mass is 35.5. The highest BCUT2D eigenvalue weighted by Gasteiger charge is 2.38. The molecule has 1 saturated heterocycles. The number of amides is 2. The van der Waals surface area contributed by atoms with Crippen LogP contribution in [0.15, 0.2) is 59.0 Å². The van der Waals surface area contributed by atoms with Gasteiger partial charge in [-0.2, -0.15) is 0 Å². The van der Waals surface area contributed by atoms with Gasteiger partial charge < -0.3 is 19.3 Å². The molecule has 2 atom stereocenters. The van der Waals surface area contributed by atoms with Crippen molar-refractivity contribution >= 4 is 34.4 Å². The van der Waals surface area contributed by atoms with E-state index < -0.39 is 6.10 Å². The lowest BCUT2D eigenvalue weighted by Gasteiger charge is -2.31. The van der Waals surface area contributed by atoms with Crippen LogP contribution in [0.2, 0.25) is 5.02 Å². The van der Waals surface area contributed by atoms with Crippen molar-refractivity contribution in [1.82, 2.24) is 14.7 Å². The molecular weight excluding hydrogens is 442 g/mol. The maximum atomic E-state index is 13.0. The Morgan fingerprint density at radius 1 is 1.12 bits per heavy atom. The number of carbonyl (C=O) groups excluding carboxylic acids is 2. The van der Waals surface area contributed by atoms with E-state index in [-0.39, 0.29) is 30.2 Å². The van der Waals surface area contributed by atoms with Crippen LogP contribution in [-0.4, -0.2) is 83.5 Å². The summed E-state index contributed by atoms with van der Waals surface area (Å²) < 4.78 is 5.72. The third-order valence-corrected chi connectivity index (χ3v) is 6.47. The second kappa shape index (κ2) is 9.95. The van der Waals surface area contributed by atoms with Crippen LogP contribution in [-0.2, 0) is 0 Å². The summed E-state index contributed by atoms with van der Waals surface area (Å²) in [5.41, 5.74) is 1.24. The zero-order chi connectivity index (χ0) is 23.5. The van der Waals surface area contributed by atoms with Gasteiger partial charge in [0.15, 0.2) is 5.76 Å². The molecular formula is C25H28ClN3O4. The second-order valence-corrected chi connectivity index (χ2v) is 8.79. The fourth-order valence-corrected chi connectivity index (χ4v) is 4.41. The smallest absolute Gasteiger partial charge is 0.289 e. The molecule has 1 fully saturated rings. The van der Waals surface area contributed by atoms with Crippen molar-refractivity contribution in [3.05, 3.63) is 70.9 Å². The van der Waals surface area contributed by atoms with E-state index in [0.717, 1.165) is 5.39 Å². The van der Waals surface area contributed by atoms with E-state index in [1.165, 1.54) is 0 Å². The topological polar surface area (TPSA) is 77.2 Å². The molecule has 1 N–H and O–H groups in total. The van der Waals surface area contributed by atoms with Gasteiger partial charge in [0.25, 0.3) is 11.8 Å². The monoisotopic (exact) mass is 469 g/mol. The maximum absolute atomic E-state index is 13.0. The van der Waals surface area contributed by atoms with Crippen molar-refractivity contribution in [2.75, 3.05) is 39.8 Å². The summed E-state index contributed by atoms with van der Waals surface area (Å²) in [6, 6.07) is 15.8.